The Morgan fingerprint density at radius 2 is 2.00 bits per heavy atom. The van der Waals surface area contributed by atoms with Crippen molar-refractivity contribution in [2.24, 2.45) is 0 Å². The molecule has 0 aromatic carbocycles. The molecule has 0 N–H and O–H groups in total. The fourth-order valence-corrected chi connectivity index (χ4v) is 2.34. The molecule has 0 aromatic rings. The van der Waals surface area contributed by atoms with Gasteiger partial charge in [0.05, 0.1) is 0 Å². The molecule has 2 aliphatic heterocycles. The Kier molecular flexibility index (Phi) is 4.53. The largest absolute Gasteiger partial charge is 0.440 e. The SMILES string of the molecule is CC.O=C1O[C@H](C(Cl)(Cl)Cl)N2CCC[C@@H]12. The lowest BCUT2D eigenvalue weighted by Crippen LogP contribution is -2.41. The van der Waals surface area contributed by atoms with Gasteiger partial charge in [0.1, 0.15) is 6.04 Å². The Morgan fingerprint density at radius 3 is 2.53 bits per heavy atom. The number of rotatable bonds is 0. The van der Waals surface area contributed by atoms with Crippen LogP contribution in [-0.2, 0) is 9.53 Å². The highest BCUT2D eigenvalue weighted by Gasteiger charge is 2.52. The summed E-state index contributed by atoms with van der Waals surface area (Å²) in [5.74, 6) is -0.270. The van der Waals surface area contributed by atoms with Gasteiger partial charge in [-0.15, -0.1) is 0 Å². The second-order valence-electron chi connectivity index (χ2n) is 3.23. The number of fused-ring (bicyclic) bond motifs is 1. The molecule has 2 fully saturated rings. The van der Waals surface area contributed by atoms with Crippen LogP contribution in [0.15, 0.2) is 0 Å². The number of hydrogen-bond donors (Lipinski definition) is 0. The molecule has 0 radical (unpaired) electrons. The number of cyclic esters (lactones) is 1. The standard InChI is InChI=1S/C7H8Cl3NO2.C2H6/c8-7(9,10)6-11-3-1-2-4(11)5(12)13-6;1-2/h4,6H,1-3H2;1-2H3/t4-,6+;/m0./s1. The van der Waals surface area contributed by atoms with Gasteiger partial charge in [0.15, 0.2) is 0 Å². The van der Waals surface area contributed by atoms with E-state index in [-0.39, 0.29) is 12.0 Å². The van der Waals surface area contributed by atoms with E-state index in [0.29, 0.717) is 0 Å². The van der Waals surface area contributed by atoms with Crippen molar-refractivity contribution in [2.75, 3.05) is 6.54 Å². The highest BCUT2D eigenvalue weighted by molar-refractivity contribution is 6.68. The van der Waals surface area contributed by atoms with Crippen LogP contribution in [0.2, 0.25) is 0 Å². The lowest BCUT2D eigenvalue weighted by Gasteiger charge is -2.25. The lowest BCUT2D eigenvalue weighted by molar-refractivity contribution is -0.142. The predicted molar refractivity (Wildman–Crippen MR) is 61.2 cm³/mol. The summed E-state index contributed by atoms with van der Waals surface area (Å²) in [5, 5.41) is 0. The molecule has 0 aliphatic carbocycles. The number of carbonyl (C=O) groups excluding carboxylic acids is 1. The van der Waals surface area contributed by atoms with Crippen molar-refractivity contribution in [3.05, 3.63) is 0 Å². The maximum absolute atomic E-state index is 11.3. The van der Waals surface area contributed by atoms with Crippen LogP contribution in [-0.4, -0.2) is 33.5 Å². The average Bonchev–Trinajstić information content (AvgIpc) is 2.72. The first kappa shape index (κ1) is 13.4. The minimum atomic E-state index is -1.55. The Hall–Kier alpha value is 0.300. The van der Waals surface area contributed by atoms with Gasteiger partial charge in [-0.25, -0.2) is 0 Å². The van der Waals surface area contributed by atoms with Gasteiger partial charge in [-0.2, -0.15) is 0 Å². The highest BCUT2D eigenvalue weighted by atomic mass is 35.6. The van der Waals surface area contributed by atoms with Gasteiger partial charge in [0.2, 0.25) is 10.0 Å². The Balaban J connectivity index is 0.000000531. The number of alkyl halides is 3. The number of halogens is 3. The predicted octanol–water partition coefficient (Wildman–Crippen LogP) is 2.73. The molecule has 0 spiro atoms. The van der Waals surface area contributed by atoms with Gasteiger partial charge in [-0.05, 0) is 12.8 Å². The van der Waals surface area contributed by atoms with E-state index >= 15 is 0 Å². The van der Waals surface area contributed by atoms with Gasteiger partial charge in [0.25, 0.3) is 0 Å². The van der Waals surface area contributed by atoms with Crippen LogP contribution in [0.5, 0.6) is 0 Å². The summed E-state index contributed by atoms with van der Waals surface area (Å²) in [4.78, 5) is 13.1. The minimum Gasteiger partial charge on any atom is -0.440 e. The van der Waals surface area contributed by atoms with E-state index in [2.05, 4.69) is 0 Å². The Labute approximate surface area is 105 Å². The van der Waals surface area contributed by atoms with Crippen LogP contribution < -0.4 is 0 Å². The molecular formula is C9H14Cl3NO2. The van der Waals surface area contributed by atoms with Crippen LogP contribution in [0, 0.1) is 0 Å². The smallest absolute Gasteiger partial charge is 0.325 e. The van der Waals surface area contributed by atoms with E-state index < -0.39 is 10.0 Å². The van der Waals surface area contributed by atoms with Crippen molar-refractivity contribution in [3.8, 4) is 0 Å². The molecule has 0 amide bonds. The number of nitrogens with zero attached hydrogens (tertiary/aromatic N) is 1. The second-order valence-corrected chi connectivity index (χ2v) is 5.60. The lowest BCUT2D eigenvalue weighted by atomic mass is 10.2. The van der Waals surface area contributed by atoms with Crippen LogP contribution in [0.25, 0.3) is 0 Å². The maximum atomic E-state index is 11.3. The number of carbonyl (C=O) groups is 1. The van der Waals surface area contributed by atoms with Gasteiger partial charge in [0, 0.05) is 6.54 Å². The van der Waals surface area contributed by atoms with E-state index in [9.17, 15) is 4.79 Å². The van der Waals surface area contributed by atoms with E-state index in [1.807, 2.05) is 18.7 Å². The normalized spacial score (nSPS) is 30.6. The maximum Gasteiger partial charge on any atom is 0.325 e. The highest BCUT2D eigenvalue weighted by Crippen LogP contribution is 2.41. The number of hydrogen-bond acceptors (Lipinski definition) is 3. The third-order valence-corrected chi connectivity index (χ3v) is 2.94. The third kappa shape index (κ3) is 2.70. The summed E-state index contributed by atoms with van der Waals surface area (Å²) in [5.41, 5.74) is 0. The molecule has 6 heteroatoms. The topological polar surface area (TPSA) is 29.5 Å². The zero-order valence-electron chi connectivity index (χ0n) is 8.67. The van der Waals surface area contributed by atoms with Crippen molar-refractivity contribution in [2.45, 2.75) is 42.8 Å². The first-order chi connectivity index (χ1) is 7.00. The summed E-state index contributed by atoms with van der Waals surface area (Å²) in [7, 11) is 0. The summed E-state index contributed by atoms with van der Waals surface area (Å²) in [6.45, 7) is 4.76. The van der Waals surface area contributed by atoms with Crippen LogP contribution in [0.4, 0.5) is 0 Å². The molecule has 2 heterocycles. The van der Waals surface area contributed by atoms with Crippen molar-refractivity contribution in [1.29, 1.82) is 0 Å². The molecule has 15 heavy (non-hydrogen) atoms. The molecule has 0 aromatic heterocycles. The Morgan fingerprint density at radius 1 is 1.40 bits per heavy atom. The molecule has 0 bridgehead atoms. The monoisotopic (exact) mass is 273 g/mol. The second kappa shape index (κ2) is 5.09. The Bertz CT molecular complexity index is 242. The minimum absolute atomic E-state index is 0.194. The summed E-state index contributed by atoms with van der Waals surface area (Å²) >= 11 is 17.0. The zero-order chi connectivity index (χ0) is 11.6. The van der Waals surface area contributed by atoms with E-state index in [4.69, 9.17) is 39.5 Å². The summed E-state index contributed by atoms with van der Waals surface area (Å²) < 4.78 is 3.44. The van der Waals surface area contributed by atoms with Crippen LogP contribution in [0.1, 0.15) is 26.7 Å². The fourth-order valence-electron chi connectivity index (χ4n) is 1.83. The summed E-state index contributed by atoms with van der Waals surface area (Å²) in [6.07, 6.45) is 1.05. The molecule has 2 saturated heterocycles. The van der Waals surface area contributed by atoms with Gasteiger partial charge < -0.3 is 4.74 Å². The van der Waals surface area contributed by atoms with Crippen LogP contribution >= 0.6 is 34.8 Å². The van der Waals surface area contributed by atoms with Crippen molar-refractivity contribution < 1.29 is 9.53 Å². The van der Waals surface area contributed by atoms with E-state index in [0.717, 1.165) is 19.4 Å². The molecule has 2 rings (SSSR count). The third-order valence-electron chi connectivity index (χ3n) is 2.38. The van der Waals surface area contributed by atoms with Crippen molar-refractivity contribution in [3.63, 3.8) is 0 Å². The first-order valence-electron chi connectivity index (χ1n) is 5.03. The van der Waals surface area contributed by atoms with E-state index in [1.54, 1.807) is 0 Å². The fraction of sp³-hybridized carbons (Fsp3) is 0.889. The molecule has 0 saturated carbocycles. The van der Waals surface area contributed by atoms with E-state index in [1.165, 1.54) is 0 Å². The number of esters is 1. The van der Waals surface area contributed by atoms with Gasteiger partial charge >= 0.3 is 5.97 Å². The number of ether oxygens (including phenoxy) is 1. The average molecular weight is 275 g/mol. The first-order valence-corrected chi connectivity index (χ1v) is 6.16. The van der Waals surface area contributed by atoms with Gasteiger partial charge in [-0.3, -0.25) is 9.69 Å². The zero-order valence-corrected chi connectivity index (χ0v) is 10.9. The molecule has 3 nitrogen and oxygen atoms in total. The van der Waals surface area contributed by atoms with Gasteiger partial charge in [-0.1, -0.05) is 48.7 Å². The summed E-state index contributed by atoms with van der Waals surface area (Å²) in [6, 6.07) is -0.194. The van der Waals surface area contributed by atoms with Crippen molar-refractivity contribution in [1.82, 2.24) is 4.90 Å². The van der Waals surface area contributed by atoms with Crippen LogP contribution in [0.3, 0.4) is 0 Å². The molecule has 88 valence electrons. The van der Waals surface area contributed by atoms with Crippen molar-refractivity contribution >= 4 is 40.8 Å². The quantitative estimate of drug-likeness (QED) is 0.502. The molecule has 0 unspecified atom stereocenters. The molecule has 2 atom stereocenters. The molecular weight excluding hydrogens is 260 g/mol. The molecule has 2 aliphatic rings.